The monoisotopic (exact) mass is 586 g/mol. The second kappa shape index (κ2) is 10.6. The van der Waals surface area contributed by atoms with Gasteiger partial charge in [0.15, 0.2) is 0 Å². The van der Waals surface area contributed by atoms with Gasteiger partial charge in [0.05, 0.1) is 0 Å². The Labute approximate surface area is 271 Å². The zero-order chi connectivity index (χ0) is 30.7. The lowest BCUT2D eigenvalue weighted by atomic mass is 9.54. The Morgan fingerprint density at radius 2 is 0.870 bits per heavy atom. The van der Waals surface area contributed by atoms with Crippen LogP contribution in [0.4, 0.5) is 0 Å². The molecule has 0 bridgehead atoms. The van der Waals surface area contributed by atoms with E-state index >= 15 is 0 Å². The van der Waals surface area contributed by atoms with E-state index in [1.165, 1.54) is 72.0 Å². The molecule has 0 spiro atoms. The van der Waals surface area contributed by atoms with Crippen LogP contribution in [-0.2, 0) is 5.41 Å². The first kappa shape index (κ1) is 26.9. The highest BCUT2D eigenvalue weighted by atomic mass is 14.6. The van der Waals surface area contributed by atoms with Crippen molar-refractivity contribution >= 4 is 16.8 Å². The van der Waals surface area contributed by atoms with Crippen LogP contribution in [0.2, 0.25) is 0 Å². The first-order valence-corrected chi connectivity index (χ1v) is 16.4. The van der Waals surface area contributed by atoms with Gasteiger partial charge in [0, 0.05) is 17.3 Å². The van der Waals surface area contributed by atoms with Gasteiger partial charge >= 0.3 is 0 Å². The van der Waals surface area contributed by atoms with E-state index in [0.29, 0.717) is 0 Å². The summed E-state index contributed by atoms with van der Waals surface area (Å²) in [6, 6.07) is 63.4. The molecule has 0 aliphatic heterocycles. The Hall–Kier alpha value is -5.46. The summed E-state index contributed by atoms with van der Waals surface area (Å²) in [6.45, 7) is 2.37. The third kappa shape index (κ3) is 3.80. The van der Waals surface area contributed by atoms with Crippen molar-refractivity contribution in [3.63, 3.8) is 0 Å². The summed E-state index contributed by atoms with van der Waals surface area (Å²) >= 11 is 0. The van der Waals surface area contributed by atoms with Crippen molar-refractivity contribution in [2.24, 2.45) is 0 Å². The molecule has 0 N–H and O–H groups in total. The zero-order valence-corrected chi connectivity index (χ0v) is 25.9. The van der Waals surface area contributed by atoms with Crippen LogP contribution in [0.3, 0.4) is 0 Å². The maximum Gasteiger partial charge on any atom is 0.0418 e. The normalized spacial score (nSPS) is 15.3. The van der Waals surface area contributed by atoms with Gasteiger partial charge in [-0.15, -0.1) is 0 Å². The molecular weight excluding hydrogens is 553 g/mol. The molecule has 7 aromatic rings. The maximum atomic E-state index is 2.49. The topological polar surface area (TPSA) is 0 Å². The van der Waals surface area contributed by atoms with E-state index in [1.54, 1.807) is 0 Å². The van der Waals surface area contributed by atoms with Gasteiger partial charge in [0.2, 0.25) is 0 Å². The van der Waals surface area contributed by atoms with Crippen LogP contribution in [0.1, 0.15) is 52.1 Å². The van der Waals surface area contributed by atoms with Crippen LogP contribution in [0, 0.1) is 0 Å². The summed E-state index contributed by atoms with van der Waals surface area (Å²) < 4.78 is 0. The summed E-state index contributed by atoms with van der Waals surface area (Å²) in [7, 11) is 0. The zero-order valence-electron chi connectivity index (χ0n) is 25.9. The van der Waals surface area contributed by atoms with E-state index in [9.17, 15) is 0 Å². The fourth-order valence-corrected chi connectivity index (χ4v) is 8.93. The number of hydrogen-bond acceptors (Lipinski definition) is 0. The Bertz CT molecular complexity index is 2180. The standard InChI is InChI=1S/C46H34/c1-31-30-43-39(36-27-14-17-32-16-8-9-22-35(32)36)28-15-29-42(43)44(31)46(33-18-4-2-5-19-33,34-20-6-3-7-21-34)45-40-25-12-10-23-37(40)38-24-11-13-26-41(38)45/h2-30,44-45H,1H3. The van der Waals surface area contributed by atoms with Crippen molar-refractivity contribution in [1.82, 2.24) is 0 Å². The van der Waals surface area contributed by atoms with E-state index in [0.717, 1.165) is 0 Å². The minimum Gasteiger partial charge on any atom is -0.0639 e. The molecule has 0 heterocycles. The van der Waals surface area contributed by atoms with E-state index in [-0.39, 0.29) is 11.8 Å². The lowest BCUT2D eigenvalue weighted by Crippen LogP contribution is -2.41. The van der Waals surface area contributed by atoms with Crippen molar-refractivity contribution in [2.75, 3.05) is 0 Å². The summed E-state index contributed by atoms with van der Waals surface area (Å²) in [4.78, 5) is 0. The Morgan fingerprint density at radius 1 is 0.391 bits per heavy atom. The van der Waals surface area contributed by atoms with Crippen molar-refractivity contribution in [2.45, 2.75) is 24.2 Å². The number of allylic oxidation sites excluding steroid dienone is 1. The molecule has 0 saturated heterocycles. The third-order valence-corrected chi connectivity index (χ3v) is 10.6. The highest BCUT2D eigenvalue weighted by Gasteiger charge is 2.54. The summed E-state index contributed by atoms with van der Waals surface area (Å²) in [6.07, 6.45) is 2.49. The second-order valence-corrected chi connectivity index (χ2v) is 12.9. The van der Waals surface area contributed by atoms with Gasteiger partial charge in [-0.2, -0.15) is 0 Å². The average molecular weight is 587 g/mol. The highest BCUT2D eigenvalue weighted by Crippen LogP contribution is 2.64. The van der Waals surface area contributed by atoms with Crippen molar-refractivity contribution in [3.05, 3.63) is 209 Å². The molecule has 0 nitrogen and oxygen atoms in total. The average Bonchev–Trinajstić information content (AvgIpc) is 3.65. The first-order valence-electron chi connectivity index (χ1n) is 16.4. The van der Waals surface area contributed by atoms with Gasteiger partial charge in [0.25, 0.3) is 0 Å². The van der Waals surface area contributed by atoms with E-state index in [4.69, 9.17) is 0 Å². The van der Waals surface area contributed by atoms with E-state index in [2.05, 4.69) is 183 Å². The molecule has 0 saturated carbocycles. The van der Waals surface area contributed by atoms with Crippen LogP contribution < -0.4 is 0 Å². The highest BCUT2D eigenvalue weighted by molar-refractivity contribution is 5.99. The predicted octanol–water partition coefficient (Wildman–Crippen LogP) is 11.8. The number of benzene rings is 7. The molecule has 0 radical (unpaired) electrons. The van der Waals surface area contributed by atoms with Crippen LogP contribution >= 0.6 is 0 Å². The fraction of sp³-hybridized carbons (Fsp3) is 0.0870. The fourth-order valence-electron chi connectivity index (χ4n) is 8.93. The molecular formula is C46H34. The van der Waals surface area contributed by atoms with Crippen LogP contribution in [0.25, 0.3) is 39.1 Å². The SMILES string of the molecule is CC1=Cc2c(-c3cccc4ccccc34)cccc2C1C(c1ccccc1)(c1ccccc1)C1c2ccccc2-c2ccccc21. The Balaban J connectivity index is 1.39. The van der Waals surface area contributed by atoms with Crippen molar-refractivity contribution in [1.29, 1.82) is 0 Å². The third-order valence-electron chi connectivity index (χ3n) is 10.6. The lowest BCUT2D eigenvalue weighted by Gasteiger charge is -2.47. The van der Waals surface area contributed by atoms with Gasteiger partial charge < -0.3 is 0 Å². The Morgan fingerprint density at radius 3 is 1.54 bits per heavy atom. The molecule has 9 rings (SSSR count). The molecule has 0 amide bonds. The molecule has 218 valence electrons. The molecule has 46 heavy (non-hydrogen) atoms. The predicted molar refractivity (Wildman–Crippen MR) is 193 cm³/mol. The van der Waals surface area contributed by atoms with Gasteiger partial charge in [-0.3, -0.25) is 0 Å². The molecule has 7 aromatic carbocycles. The maximum absolute atomic E-state index is 2.49. The minimum atomic E-state index is -0.408. The summed E-state index contributed by atoms with van der Waals surface area (Å²) in [5, 5.41) is 2.57. The van der Waals surface area contributed by atoms with Crippen molar-refractivity contribution in [3.8, 4) is 22.3 Å². The first-order chi connectivity index (χ1) is 22.8. The molecule has 1 atom stereocenters. The van der Waals surface area contributed by atoms with Gasteiger partial charge in [-0.1, -0.05) is 182 Å². The van der Waals surface area contributed by atoms with Crippen LogP contribution in [0.5, 0.6) is 0 Å². The van der Waals surface area contributed by atoms with Crippen LogP contribution in [0.15, 0.2) is 175 Å². The minimum absolute atomic E-state index is 0.116. The van der Waals surface area contributed by atoms with Gasteiger partial charge in [0.1, 0.15) is 0 Å². The summed E-state index contributed by atoms with van der Waals surface area (Å²) in [5.74, 6) is 0.233. The quantitative estimate of drug-likeness (QED) is 0.188. The summed E-state index contributed by atoms with van der Waals surface area (Å²) in [5.41, 5.74) is 14.5. The molecule has 0 aromatic heterocycles. The van der Waals surface area contributed by atoms with Gasteiger partial charge in [-0.05, 0) is 73.3 Å². The molecule has 1 unspecified atom stereocenters. The second-order valence-electron chi connectivity index (χ2n) is 12.9. The van der Waals surface area contributed by atoms with Crippen molar-refractivity contribution < 1.29 is 0 Å². The number of rotatable bonds is 5. The molecule has 0 fully saturated rings. The van der Waals surface area contributed by atoms with E-state index < -0.39 is 5.41 Å². The number of fused-ring (bicyclic) bond motifs is 5. The smallest absolute Gasteiger partial charge is 0.0418 e. The van der Waals surface area contributed by atoms with Gasteiger partial charge in [-0.25, -0.2) is 0 Å². The number of hydrogen-bond donors (Lipinski definition) is 0. The molecule has 0 heteroatoms. The largest absolute Gasteiger partial charge is 0.0639 e. The molecule has 2 aliphatic rings. The molecule has 2 aliphatic carbocycles. The lowest BCUT2D eigenvalue weighted by molar-refractivity contribution is 0.405. The van der Waals surface area contributed by atoms with Crippen LogP contribution in [-0.4, -0.2) is 0 Å². The Kier molecular flexibility index (Phi) is 6.18. The van der Waals surface area contributed by atoms with E-state index in [1.807, 2.05) is 0 Å².